The zero-order valence-corrected chi connectivity index (χ0v) is 24.9. The van der Waals surface area contributed by atoms with E-state index in [-0.39, 0.29) is 58.8 Å². The van der Waals surface area contributed by atoms with E-state index < -0.39 is 22.7 Å². The highest BCUT2D eigenvalue weighted by Gasteiger charge is 2.40. The molecule has 2 N–H and O–H groups in total. The fraction of sp³-hybridized carbons (Fsp3) is 0.464. The number of carboxylic acid groups (broad SMARTS) is 1. The number of methoxy groups -OCH3 is 2. The van der Waals surface area contributed by atoms with Crippen molar-refractivity contribution in [3.05, 3.63) is 46.3 Å². The van der Waals surface area contributed by atoms with E-state index in [2.05, 4.69) is 0 Å². The third-order valence-corrected chi connectivity index (χ3v) is 7.19. The third kappa shape index (κ3) is 5.16. The first-order valence-electron chi connectivity index (χ1n) is 12.3. The van der Waals surface area contributed by atoms with Crippen LogP contribution in [0.5, 0.6) is 17.2 Å². The SMILES string of the molecule is Br.COc1cc2c(c(F)c1OC)C(=N)N(CC(=O)c1cc3c(c(C(C)(C)C)c1)OCCN3C(C)(C)C(=O)O)C2. The van der Waals surface area contributed by atoms with Gasteiger partial charge in [0.15, 0.2) is 23.1 Å². The summed E-state index contributed by atoms with van der Waals surface area (Å²) in [6.45, 7) is 9.90. The number of amidine groups is 1. The van der Waals surface area contributed by atoms with E-state index in [4.69, 9.17) is 19.6 Å². The minimum Gasteiger partial charge on any atom is -0.493 e. The smallest absolute Gasteiger partial charge is 0.328 e. The molecule has 11 heteroatoms. The topological polar surface area (TPSA) is 112 Å². The number of aliphatic carboxylic acids is 1. The Bertz CT molecular complexity index is 1340. The molecule has 0 fully saturated rings. The zero-order chi connectivity index (χ0) is 28.2. The van der Waals surface area contributed by atoms with Gasteiger partial charge >= 0.3 is 5.97 Å². The van der Waals surface area contributed by atoms with Gasteiger partial charge in [-0.3, -0.25) is 10.2 Å². The van der Waals surface area contributed by atoms with E-state index >= 15 is 4.39 Å². The van der Waals surface area contributed by atoms with Gasteiger partial charge in [0.05, 0.1) is 38.6 Å². The first kappa shape index (κ1) is 30.2. The summed E-state index contributed by atoms with van der Waals surface area (Å²) in [4.78, 5) is 29.0. The predicted molar refractivity (Wildman–Crippen MR) is 151 cm³/mol. The number of rotatable bonds is 7. The van der Waals surface area contributed by atoms with Crippen LogP contribution in [0.25, 0.3) is 0 Å². The Balaban J connectivity index is 0.00000420. The Kier molecular flexibility index (Phi) is 8.27. The summed E-state index contributed by atoms with van der Waals surface area (Å²) < 4.78 is 31.6. The standard InChI is InChI=1S/C28H34FN3O6.BrH/c1-27(2,3)17-10-15(11-18-23(17)38-9-8-32(18)28(4,5)26(34)35)19(33)14-31-13-16-12-20(36-6)24(37-7)22(29)21(16)25(31)30;/h10-12,30H,8-9,13-14H2,1-7H3,(H,34,35);1H. The quantitative estimate of drug-likeness (QED) is 0.431. The van der Waals surface area contributed by atoms with E-state index in [1.807, 2.05) is 20.8 Å². The van der Waals surface area contributed by atoms with Gasteiger partial charge in [-0.2, -0.15) is 0 Å². The van der Waals surface area contributed by atoms with Crippen LogP contribution in [0.2, 0.25) is 0 Å². The van der Waals surface area contributed by atoms with Crippen LogP contribution in [0.3, 0.4) is 0 Å². The summed E-state index contributed by atoms with van der Waals surface area (Å²) in [6, 6.07) is 5.06. The molecule has 2 aliphatic rings. The second-order valence-corrected chi connectivity index (χ2v) is 11.1. The average molecular weight is 609 g/mol. The molecule has 0 atom stereocenters. The van der Waals surface area contributed by atoms with Gasteiger partial charge < -0.3 is 29.1 Å². The van der Waals surface area contributed by atoms with E-state index in [0.717, 1.165) is 5.56 Å². The Labute approximate surface area is 238 Å². The van der Waals surface area contributed by atoms with E-state index in [1.54, 1.807) is 36.9 Å². The molecule has 0 saturated heterocycles. The maximum Gasteiger partial charge on any atom is 0.328 e. The second kappa shape index (κ2) is 10.7. The van der Waals surface area contributed by atoms with Crippen molar-refractivity contribution in [2.75, 3.05) is 38.8 Å². The number of nitrogens with zero attached hydrogens (tertiary/aromatic N) is 2. The van der Waals surface area contributed by atoms with Crippen molar-refractivity contribution >= 4 is 40.3 Å². The van der Waals surface area contributed by atoms with Crippen LogP contribution in [0.4, 0.5) is 10.1 Å². The molecule has 2 aromatic carbocycles. The highest BCUT2D eigenvalue weighted by molar-refractivity contribution is 8.93. The number of carbonyl (C=O) groups is 2. The molecule has 0 radical (unpaired) electrons. The fourth-order valence-electron chi connectivity index (χ4n) is 4.96. The van der Waals surface area contributed by atoms with Crippen LogP contribution >= 0.6 is 17.0 Å². The number of hydrogen-bond acceptors (Lipinski definition) is 7. The number of benzene rings is 2. The molecule has 0 aromatic heterocycles. The number of anilines is 1. The van der Waals surface area contributed by atoms with Crippen molar-refractivity contribution in [3.63, 3.8) is 0 Å². The molecule has 0 saturated carbocycles. The lowest BCUT2D eigenvalue weighted by Crippen LogP contribution is -2.53. The van der Waals surface area contributed by atoms with Gasteiger partial charge in [0, 0.05) is 17.7 Å². The van der Waals surface area contributed by atoms with Crippen LogP contribution in [0.1, 0.15) is 61.7 Å². The van der Waals surface area contributed by atoms with E-state index in [9.17, 15) is 14.7 Å². The Hall–Kier alpha value is -3.34. The lowest BCUT2D eigenvalue weighted by Gasteiger charge is -2.42. The minimum atomic E-state index is -1.23. The maximum absolute atomic E-state index is 15.2. The highest BCUT2D eigenvalue weighted by atomic mass is 79.9. The van der Waals surface area contributed by atoms with E-state index in [0.29, 0.717) is 35.7 Å². The van der Waals surface area contributed by atoms with Gasteiger partial charge in [-0.1, -0.05) is 20.8 Å². The molecule has 212 valence electrons. The Morgan fingerprint density at radius 3 is 2.36 bits per heavy atom. The van der Waals surface area contributed by atoms with E-state index in [1.165, 1.54) is 19.1 Å². The number of carboxylic acids is 1. The van der Waals surface area contributed by atoms with Gasteiger partial charge in [-0.05, 0) is 43.0 Å². The number of fused-ring (bicyclic) bond motifs is 2. The normalized spacial score (nSPS) is 14.7. The zero-order valence-electron chi connectivity index (χ0n) is 23.2. The summed E-state index contributed by atoms with van der Waals surface area (Å²) in [7, 11) is 2.74. The molecule has 4 rings (SSSR count). The summed E-state index contributed by atoms with van der Waals surface area (Å²) in [5, 5.41) is 18.5. The van der Waals surface area contributed by atoms with Crippen LogP contribution in [-0.2, 0) is 16.8 Å². The van der Waals surface area contributed by atoms with Crippen LogP contribution in [0, 0.1) is 11.2 Å². The van der Waals surface area contributed by atoms with Crippen molar-refractivity contribution in [2.45, 2.75) is 52.1 Å². The second-order valence-electron chi connectivity index (χ2n) is 11.1. The van der Waals surface area contributed by atoms with Crippen LogP contribution in [-0.4, -0.2) is 67.0 Å². The largest absolute Gasteiger partial charge is 0.493 e. The van der Waals surface area contributed by atoms with Gasteiger partial charge in [-0.25, -0.2) is 9.18 Å². The lowest BCUT2D eigenvalue weighted by atomic mass is 9.83. The predicted octanol–water partition coefficient (Wildman–Crippen LogP) is 4.80. The molecular weight excluding hydrogens is 573 g/mol. The number of ether oxygens (including phenoxy) is 3. The van der Waals surface area contributed by atoms with Crippen molar-refractivity contribution in [3.8, 4) is 17.2 Å². The van der Waals surface area contributed by atoms with Crippen molar-refractivity contribution in [2.24, 2.45) is 0 Å². The van der Waals surface area contributed by atoms with Gasteiger partial charge in [0.1, 0.15) is 23.7 Å². The molecule has 0 spiro atoms. The van der Waals surface area contributed by atoms with Crippen molar-refractivity contribution in [1.82, 2.24) is 4.90 Å². The first-order chi connectivity index (χ1) is 17.7. The third-order valence-electron chi connectivity index (χ3n) is 7.19. The first-order valence-corrected chi connectivity index (χ1v) is 12.3. The van der Waals surface area contributed by atoms with Gasteiger partial charge in [0.2, 0.25) is 0 Å². The summed E-state index contributed by atoms with van der Waals surface area (Å²) in [5.41, 5.74) is 0.669. The van der Waals surface area contributed by atoms with Gasteiger partial charge in [0.25, 0.3) is 0 Å². The molecular formula is C28H35BrFN3O6. The molecule has 39 heavy (non-hydrogen) atoms. The molecule has 0 aliphatic carbocycles. The summed E-state index contributed by atoms with van der Waals surface area (Å²) in [6.07, 6.45) is 0. The number of nitrogens with one attached hydrogen (secondary N) is 1. The average Bonchev–Trinajstić information content (AvgIpc) is 3.16. The number of halogens is 2. The number of Topliss-reactive ketones (excluding diaryl/α,β-unsaturated/α-hetero) is 1. The lowest BCUT2D eigenvalue weighted by molar-refractivity contribution is -0.142. The van der Waals surface area contributed by atoms with Gasteiger partial charge in [-0.15, -0.1) is 17.0 Å². The highest BCUT2D eigenvalue weighted by Crippen LogP contribution is 2.44. The van der Waals surface area contributed by atoms with Crippen LogP contribution < -0.4 is 19.1 Å². The molecule has 0 amide bonds. The molecule has 0 unspecified atom stereocenters. The molecule has 9 nitrogen and oxygen atoms in total. The monoisotopic (exact) mass is 607 g/mol. The summed E-state index contributed by atoms with van der Waals surface area (Å²) >= 11 is 0. The number of hydrogen-bond donors (Lipinski definition) is 2. The summed E-state index contributed by atoms with van der Waals surface area (Å²) in [5.74, 6) is -1.39. The van der Waals surface area contributed by atoms with Crippen LogP contribution in [0.15, 0.2) is 18.2 Å². The number of ketones is 1. The van der Waals surface area contributed by atoms with Crippen molar-refractivity contribution in [1.29, 1.82) is 5.41 Å². The Morgan fingerprint density at radius 2 is 1.79 bits per heavy atom. The minimum absolute atomic E-state index is 0. The maximum atomic E-state index is 15.2. The Morgan fingerprint density at radius 1 is 1.13 bits per heavy atom. The van der Waals surface area contributed by atoms with Crippen molar-refractivity contribution < 1.29 is 33.3 Å². The number of carbonyl (C=O) groups excluding carboxylic acids is 1. The molecule has 0 bridgehead atoms. The molecule has 2 heterocycles. The fourth-order valence-corrected chi connectivity index (χ4v) is 4.96. The molecule has 2 aliphatic heterocycles. The molecule has 2 aromatic rings.